The summed E-state index contributed by atoms with van der Waals surface area (Å²) in [6, 6.07) is 12.4. The molecule has 108 valence electrons. The molecule has 0 aliphatic rings. The molecule has 1 aromatic heterocycles. The van der Waals surface area contributed by atoms with Gasteiger partial charge in [-0.15, -0.1) is 0 Å². The summed E-state index contributed by atoms with van der Waals surface area (Å²) in [5, 5.41) is 0. The fraction of sp³-hybridized carbons (Fsp3) is 0.235. The van der Waals surface area contributed by atoms with E-state index in [0.717, 1.165) is 22.2 Å². The van der Waals surface area contributed by atoms with E-state index in [1.54, 1.807) is 15.2 Å². The molecule has 0 bridgehead atoms. The van der Waals surface area contributed by atoms with Crippen molar-refractivity contribution in [3.63, 3.8) is 0 Å². The third-order valence-corrected chi connectivity index (χ3v) is 3.88. The van der Waals surface area contributed by atoms with Crippen molar-refractivity contribution in [2.45, 2.75) is 26.9 Å². The van der Waals surface area contributed by atoms with Crippen molar-refractivity contribution < 1.29 is 4.39 Å². The number of nitrogens with zero attached hydrogens (tertiary/aromatic N) is 2. The van der Waals surface area contributed by atoms with Gasteiger partial charge in [0.1, 0.15) is 5.82 Å². The Morgan fingerprint density at radius 2 is 1.71 bits per heavy atom. The average Bonchev–Trinajstić information content (AvgIpc) is 2.75. The van der Waals surface area contributed by atoms with Gasteiger partial charge in [-0.05, 0) is 49.2 Å². The molecular weight excluding hydrogens is 267 g/mol. The fourth-order valence-corrected chi connectivity index (χ4v) is 2.71. The largest absolute Gasteiger partial charge is 0.329 e. The first kappa shape index (κ1) is 13.6. The molecular formula is C17H17FN2O. The van der Waals surface area contributed by atoms with Gasteiger partial charge in [0.2, 0.25) is 0 Å². The Labute approximate surface area is 122 Å². The van der Waals surface area contributed by atoms with E-state index in [-0.39, 0.29) is 11.5 Å². The maximum Gasteiger partial charge on any atom is 0.329 e. The summed E-state index contributed by atoms with van der Waals surface area (Å²) < 4.78 is 16.9. The SMILES string of the molecule is CCn1c(=O)n(Cc2cc(F)ccc2C)c2ccccc21. The van der Waals surface area contributed by atoms with Crippen molar-refractivity contribution in [2.75, 3.05) is 0 Å². The minimum atomic E-state index is -0.275. The van der Waals surface area contributed by atoms with Gasteiger partial charge in [-0.2, -0.15) is 0 Å². The van der Waals surface area contributed by atoms with Crippen LogP contribution in [0, 0.1) is 12.7 Å². The summed E-state index contributed by atoms with van der Waals surface area (Å²) in [7, 11) is 0. The van der Waals surface area contributed by atoms with Gasteiger partial charge in [0.25, 0.3) is 0 Å². The number of benzene rings is 2. The van der Waals surface area contributed by atoms with Crippen molar-refractivity contribution in [1.82, 2.24) is 9.13 Å². The predicted octanol–water partition coefficient (Wildman–Crippen LogP) is 3.32. The molecule has 0 saturated heterocycles. The number of halogens is 1. The van der Waals surface area contributed by atoms with E-state index >= 15 is 0 Å². The highest BCUT2D eigenvalue weighted by Crippen LogP contribution is 2.17. The quantitative estimate of drug-likeness (QED) is 0.725. The molecule has 0 aliphatic carbocycles. The Bertz CT molecular complexity index is 861. The second kappa shape index (κ2) is 5.20. The normalized spacial score (nSPS) is 11.2. The molecule has 0 aliphatic heterocycles. The lowest BCUT2D eigenvalue weighted by molar-refractivity contribution is 0.620. The molecule has 2 aromatic carbocycles. The Morgan fingerprint density at radius 1 is 1.05 bits per heavy atom. The fourth-order valence-electron chi connectivity index (χ4n) is 2.71. The van der Waals surface area contributed by atoms with Crippen LogP contribution < -0.4 is 5.69 Å². The van der Waals surface area contributed by atoms with Gasteiger partial charge >= 0.3 is 5.69 Å². The third-order valence-electron chi connectivity index (χ3n) is 3.88. The lowest BCUT2D eigenvalue weighted by atomic mass is 10.1. The van der Waals surface area contributed by atoms with Gasteiger partial charge in [0, 0.05) is 6.54 Å². The minimum Gasteiger partial charge on any atom is -0.292 e. The molecule has 0 amide bonds. The second-order valence-corrected chi connectivity index (χ2v) is 5.17. The molecule has 0 atom stereocenters. The van der Waals surface area contributed by atoms with Crippen LogP contribution >= 0.6 is 0 Å². The van der Waals surface area contributed by atoms with E-state index < -0.39 is 0 Å². The van der Waals surface area contributed by atoms with Crippen LogP contribution in [0.25, 0.3) is 11.0 Å². The molecule has 0 fully saturated rings. The molecule has 3 nitrogen and oxygen atoms in total. The number of aryl methyl sites for hydroxylation is 2. The Balaban J connectivity index is 2.19. The molecule has 21 heavy (non-hydrogen) atoms. The zero-order valence-electron chi connectivity index (χ0n) is 12.1. The van der Waals surface area contributed by atoms with Crippen LogP contribution in [0.1, 0.15) is 18.1 Å². The van der Waals surface area contributed by atoms with Gasteiger partial charge in [-0.25, -0.2) is 9.18 Å². The minimum absolute atomic E-state index is 0.0534. The zero-order valence-corrected chi connectivity index (χ0v) is 12.1. The van der Waals surface area contributed by atoms with Crippen LogP contribution in [-0.2, 0) is 13.1 Å². The zero-order chi connectivity index (χ0) is 15.0. The van der Waals surface area contributed by atoms with Gasteiger partial charge in [-0.3, -0.25) is 9.13 Å². The van der Waals surface area contributed by atoms with E-state index in [4.69, 9.17) is 0 Å². The van der Waals surface area contributed by atoms with E-state index in [2.05, 4.69) is 0 Å². The monoisotopic (exact) mass is 284 g/mol. The average molecular weight is 284 g/mol. The molecule has 0 N–H and O–H groups in total. The van der Waals surface area contributed by atoms with E-state index in [1.807, 2.05) is 38.1 Å². The standard InChI is InChI=1S/C17H17FN2O/c1-3-19-15-6-4-5-7-16(15)20(17(19)21)11-13-10-14(18)9-8-12(13)2/h4-10H,3,11H2,1-2H3. The lowest BCUT2D eigenvalue weighted by Crippen LogP contribution is -2.24. The first-order valence-electron chi connectivity index (χ1n) is 7.05. The van der Waals surface area contributed by atoms with Gasteiger partial charge in [0.15, 0.2) is 0 Å². The third kappa shape index (κ3) is 2.27. The van der Waals surface area contributed by atoms with Gasteiger partial charge < -0.3 is 0 Å². The van der Waals surface area contributed by atoms with Crippen LogP contribution in [-0.4, -0.2) is 9.13 Å². The number of imidazole rings is 1. The van der Waals surface area contributed by atoms with Crippen LogP contribution in [0.2, 0.25) is 0 Å². The van der Waals surface area contributed by atoms with Crippen LogP contribution in [0.3, 0.4) is 0 Å². The highest BCUT2D eigenvalue weighted by atomic mass is 19.1. The molecule has 0 radical (unpaired) electrons. The summed E-state index contributed by atoms with van der Waals surface area (Å²) in [6.07, 6.45) is 0. The van der Waals surface area contributed by atoms with Crippen molar-refractivity contribution >= 4 is 11.0 Å². The van der Waals surface area contributed by atoms with Crippen molar-refractivity contribution in [1.29, 1.82) is 0 Å². The van der Waals surface area contributed by atoms with Gasteiger partial charge in [0.05, 0.1) is 17.6 Å². The molecule has 4 heteroatoms. The van der Waals surface area contributed by atoms with E-state index in [1.165, 1.54) is 12.1 Å². The lowest BCUT2D eigenvalue weighted by Gasteiger charge is -2.07. The van der Waals surface area contributed by atoms with Crippen LogP contribution in [0.5, 0.6) is 0 Å². The number of rotatable bonds is 3. The van der Waals surface area contributed by atoms with E-state index in [0.29, 0.717) is 13.1 Å². The maximum atomic E-state index is 13.4. The van der Waals surface area contributed by atoms with Crippen molar-refractivity contribution in [3.05, 3.63) is 69.9 Å². The number of hydrogen-bond donors (Lipinski definition) is 0. The van der Waals surface area contributed by atoms with Crippen LogP contribution in [0.4, 0.5) is 4.39 Å². The van der Waals surface area contributed by atoms with E-state index in [9.17, 15) is 9.18 Å². The van der Waals surface area contributed by atoms with Crippen LogP contribution in [0.15, 0.2) is 47.3 Å². The summed E-state index contributed by atoms with van der Waals surface area (Å²) in [4.78, 5) is 12.6. The molecule has 0 spiro atoms. The Morgan fingerprint density at radius 3 is 2.38 bits per heavy atom. The molecule has 0 unspecified atom stereocenters. The highest BCUT2D eigenvalue weighted by Gasteiger charge is 2.12. The number of aromatic nitrogens is 2. The van der Waals surface area contributed by atoms with Gasteiger partial charge in [-0.1, -0.05) is 18.2 Å². The first-order chi connectivity index (χ1) is 10.1. The first-order valence-corrected chi connectivity index (χ1v) is 7.05. The summed E-state index contributed by atoms with van der Waals surface area (Å²) in [5.74, 6) is -0.275. The topological polar surface area (TPSA) is 26.9 Å². The van der Waals surface area contributed by atoms with Crippen molar-refractivity contribution in [3.8, 4) is 0 Å². The molecule has 0 saturated carbocycles. The smallest absolute Gasteiger partial charge is 0.292 e. The summed E-state index contributed by atoms with van der Waals surface area (Å²) >= 11 is 0. The predicted molar refractivity (Wildman–Crippen MR) is 82.1 cm³/mol. The Kier molecular flexibility index (Phi) is 3.37. The summed E-state index contributed by atoms with van der Waals surface area (Å²) in [6.45, 7) is 4.88. The molecule has 1 heterocycles. The summed E-state index contributed by atoms with van der Waals surface area (Å²) in [5.41, 5.74) is 3.56. The Hall–Kier alpha value is -2.36. The second-order valence-electron chi connectivity index (χ2n) is 5.17. The number of fused-ring (bicyclic) bond motifs is 1. The maximum absolute atomic E-state index is 13.4. The highest BCUT2D eigenvalue weighted by molar-refractivity contribution is 5.76. The molecule has 3 rings (SSSR count). The number of para-hydroxylation sites is 2. The number of hydrogen-bond acceptors (Lipinski definition) is 1. The molecule has 3 aromatic rings. The van der Waals surface area contributed by atoms with Crippen molar-refractivity contribution in [2.24, 2.45) is 0 Å².